The molecule has 0 unspecified atom stereocenters. The van der Waals surface area contributed by atoms with Crippen LogP contribution < -0.4 is 5.84 Å². The number of hydrogen-bond acceptors (Lipinski definition) is 2. The Morgan fingerprint density at radius 1 is 1.50 bits per heavy atom. The first kappa shape index (κ1) is 7.34. The summed E-state index contributed by atoms with van der Waals surface area (Å²) in [4.78, 5) is 12.8. The number of rotatable bonds is 1. The monoisotopic (exact) mass is 143 g/mol. The Hall–Kier alpha value is -0.770. The van der Waals surface area contributed by atoms with E-state index in [0.29, 0.717) is 6.54 Å². The maximum absolute atomic E-state index is 11.1. The van der Waals surface area contributed by atoms with Crippen LogP contribution in [0.2, 0.25) is 0 Å². The Kier molecular flexibility index (Phi) is 1.80. The van der Waals surface area contributed by atoms with Crippen molar-refractivity contribution in [1.29, 1.82) is 0 Å². The number of carbonyl (C=O) groups excluding carboxylic acids is 1. The normalized spacial score (nSPS) is 19.4. The molecular formula is C6H13N3O. The van der Waals surface area contributed by atoms with Gasteiger partial charge in [0.25, 0.3) is 0 Å². The van der Waals surface area contributed by atoms with Gasteiger partial charge in [0.2, 0.25) is 0 Å². The molecule has 1 aliphatic heterocycles. The largest absolute Gasteiger partial charge is 0.334 e. The lowest BCUT2D eigenvalue weighted by atomic mass is 10.3. The van der Waals surface area contributed by atoms with E-state index in [2.05, 4.69) is 0 Å². The van der Waals surface area contributed by atoms with Crippen LogP contribution in [0.1, 0.15) is 13.8 Å². The zero-order valence-corrected chi connectivity index (χ0v) is 6.37. The Morgan fingerprint density at radius 3 is 2.30 bits per heavy atom. The second-order valence-electron chi connectivity index (χ2n) is 2.76. The molecule has 0 spiro atoms. The molecule has 4 nitrogen and oxygen atoms in total. The fourth-order valence-electron chi connectivity index (χ4n) is 1.05. The molecule has 2 amide bonds. The third-order valence-corrected chi connectivity index (χ3v) is 1.70. The maximum Gasteiger partial charge on any atom is 0.334 e. The zero-order chi connectivity index (χ0) is 7.72. The molecule has 1 aliphatic rings. The van der Waals surface area contributed by atoms with E-state index in [1.54, 1.807) is 4.90 Å². The highest BCUT2D eigenvalue weighted by molar-refractivity contribution is 5.76. The number of carbonyl (C=O) groups is 1. The molecule has 0 aromatic carbocycles. The SMILES string of the molecule is CC(C)N1CCN(N)C1=O. The summed E-state index contributed by atoms with van der Waals surface area (Å²) >= 11 is 0. The van der Waals surface area contributed by atoms with Crippen molar-refractivity contribution in [2.24, 2.45) is 5.84 Å². The highest BCUT2D eigenvalue weighted by Gasteiger charge is 2.27. The Labute approximate surface area is 60.5 Å². The van der Waals surface area contributed by atoms with Gasteiger partial charge in [0.15, 0.2) is 0 Å². The first-order valence-corrected chi connectivity index (χ1v) is 3.45. The molecule has 1 heterocycles. The summed E-state index contributed by atoms with van der Waals surface area (Å²) in [5, 5.41) is 1.25. The molecule has 2 N–H and O–H groups in total. The molecule has 0 aliphatic carbocycles. The molecule has 10 heavy (non-hydrogen) atoms. The molecule has 58 valence electrons. The molecule has 0 atom stereocenters. The number of nitrogens with zero attached hydrogens (tertiary/aromatic N) is 2. The third-order valence-electron chi connectivity index (χ3n) is 1.70. The molecule has 0 radical (unpaired) electrons. The topological polar surface area (TPSA) is 49.6 Å². The van der Waals surface area contributed by atoms with E-state index in [0.717, 1.165) is 6.54 Å². The molecule has 0 aromatic rings. The summed E-state index contributed by atoms with van der Waals surface area (Å²) in [5.41, 5.74) is 0. The Bertz CT molecular complexity index is 146. The number of amides is 2. The van der Waals surface area contributed by atoms with Crippen molar-refractivity contribution in [2.45, 2.75) is 19.9 Å². The summed E-state index contributed by atoms with van der Waals surface area (Å²) in [6, 6.07) is 0.205. The van der Waals surface area contributed by atoms with Gasteiger partial charge in [-0.25, -0.2) is 10.6 Å². The van der Waals surface area contributed by atoms with Gasteiger partial charge in [-0.3, -0.25) is 5.01 Å². The van der Waals surface area contributed by atoms with Gasteiger partial charge in [0, 0.05) is 12.6 Å². The van der Waals surface area contributed by atoms with Crippen LogP contribution in [0.4, 0.5) is 4.79 Å². The van der Waals surface area contributed by atoms with Crippen LogP contribution >= 0.6 is 0 Å². The van der Waals surface area contributed by atoms with Gasteiger partial charge in [-0.05, 0) is 13.8 Å². The van der Waals surface area contributed by atoms with Gasteiger partial charge < -0.3 is 4.90 Å². The van der Waals surface area contributed by atoms with Crippen LogP contribution in [0.15, 0.2) is 0 Å². The minimum Gasteiger partial charge on any atom is -0.319 e. The summed E-state index contributed by atoms with van der Waals surface area (Å²) in [6.07, 6.45) is 0. The first-order chi connectivity index (χ1) is 4.63. The predicted octanol–water partition coefficient (Wildman–Crippen LogP) is 0.00610. The van der Waals surface area contributed by atoms with E-state index in [1.165, 1.54) is 5.01 Å². The zero-order valence-electron chi connectivity index (χ0n) is 6.37. The molecule has 0 saturated carbocycles. The summed E-state index contributed by atoms with van der Waals surface area (Å²) in [5.74, 6) is 5.35. The molecule has 0 aromatic heterocycles. The Morgan fingerprint density at radius 2 is 2.10 bits per heavy atom. The molecule has 4 heteroatoms. The van der Waals surface area contributed by atoms with Crippen LogP contribution in [-0.2, 0) is 0 Å². The van der Waals surface area contributed by atoms with E-state index in [4.69, 9.17) is 5.84 Å². The summed E-state index contributed by atoms with van der Waals surface area (Å²) in [7, 11) is 0. The summed E-state index contributed by atoms with van der Waals surface area (Å²) in [6.45, 7) is 5.37. The average molecular weight is 143 g/mol. The highest BCUT2D eigenvalue weighted by Crippen LogP contribution is 2.07. The van der Waals surface area contributed by atoms with Gasteiger partial charge in [0.1, 0.15) is 0 Å². The fourth-order valence-corrected chi connectivity index (χ4v) is 1.05. The van der Waals surface area contributed by atoms with Crippen molar-refractivity contribution in [2.75, 3.05) is 13.1 Å². The number of urea groups is 1. The standard InChI is InChI=1S/C6H13N3O/c1-5(2)8-3-4-9(7)6(8)10/h5H,3-4,7H2,1-2H3. The van der Waals surface area contributed by atoms with Gasteiger partial charge in [0.05, 0.1) is 6.54 Å². The van der Waals surface area contributed by atoms with Crippen LogP contribution in [0.5, 0.6) is 0 Å². The fraction of sp³-hybridized carbons (Fsp3) is 0.833. The van der Waals surface area contributed by atoms with Crippen molar-refractivity contribution < 1.29 is 4.79 Å². The van der Waals surface area contributed by atoms with E-state index in [9.17, 15) is 4.79 Å². The predicted molar refractivity (Wildman–Crippen MR) is 38.1 cm³/mol. The van der Waals surface area contributed by atoms with Crippen LogP contribution in [-0.4, -0.2) is 35.1 Å². The third kappa shape index (κ3) is 1.07. The number of nitrogens with two attached hydrogens (primary N) is 1. The van der Waals surface area contributed by atoms with Crippen molar-refractivity contribution in [3.05, 3.63) is 0 Å². The second kappa shape index (κ2) is 2.46. The molecular weight excluding hydrogens is 130 g/mol. The van der Waals surface area contributed by atoms with Crippen LogP contribution in [0.3, 0.4) is 0 Å². The average Bonchev–Trinajstić information content (AvgIpc) is 2.14. The van der Waals surface area contributed by atoms with Gasteiger partial charge >= 0.3 is 6.03 Å². The van der Waals surface area contributed by atoms with Crippen molar-refractivity contribution in [3.8, 4) is 0 Å². The number of hydrogen-bond donors (Lipinski definition) is 1. The molecule has 1 saturated heterocycles. The number of hydrazine groups is 1. The van der Waals surface area contributed by atoms with Crippen molar-refractivity contribution >= 4 is 6.03 Å². The van der Waals surface area contributed by atoms with Gasteiger partial charge in [-0.15, -0.1) is 0 Å². The smallest absolute Gasteiger partial charge is 0.319 e. The Balaban J connectivity index is 2.57. The van der Waals surface area contributed by atoms with E-state index in [1.807, 2.05) is 13.8 Å². The van der Waals surface area contributed by atoms with Crippen molar-refractivity contribution in [1.82, 2.24) is 9.91 Å². The van der Waals surface area contributed by atoms with E-state index in [-0.39, 0.29) is 12.1 Å². The van der Waals surface area contributed by atoms with E-state index >= 15 is 0 Å². The quantitative estimate of drug-likeness (QED) is 0.415. The minimum absolute atomic E-state index is 0.0602. The molecule has 1 fully saturated rings. The van der Waals surface area contributed by atoms with E-state index < -0.39 is 0 Å². The van der Waals surface area contributed by atoms with Gasteiger partial charge in [-0.2, -0.15) is 0 Å². The lowest BCUT2D eigenvalue weighted by Gasteiger charge is -2.19. The van der Waals surface area contributed by atoms with Crippen LogP contribution in [0.25, 0.3) is 0 Å². The van der Waals surface area contributed by atoms with Crippen molar-refractivity contribution in [3.63, 3.8) is 0 Å². The highest BCUT2D eigenvalue weighted by atomic mass is 16.2. The summed E-state index contributed by atoms with van der Waals surface area (Å²) < 4.78 is 0. The first-order valence-electron chi connectivity index (χ1n) is 3.45. The molecule has 0 bridgehead atoms. The van der Waals surface area contributed by atoms with Gasteiger partial charge in [-0.1, -0.05) is 0 Å². The minimum atomic E-state index is -0.0602. The van der Waals surface area contributed by atoms with Crippen LogP contribution in [0, 0.1) is 0 Å². The lowest BCUT2D eigenvalue weighted by Crippen LogP contribution is -2.39. The maximum atomic E-state index is 11.1. The second-order valence-corrected chi connectivity index (χ2v) is 2.76. The molecule has 1 rings (SSSR count). The lowest BCUT2D eigenvalue weighted by molar-refractivity contribution is 0.183.